The molecule has 0 spiro atoms. The molecule has 0 radical (unpaired) electrons. The Morgan fingerprint density at radius 2 is 2.24 bits per heavy atom. The first-order valence-corrected chi connectivity index (χ1v) is 6.34. The predicted octanol–water partition coefficient (Wildman–Crippen LogP) is 3.04. The summed E-state index contributed by atoms with van der Waals surface area (Å²) < 4.78 is 4.67. The van der Waals surface area contributed by atoms with Crippen molar-refractivity contribution in [2.45, 2.75) is 52.4 Å². The van der Waals surface area contributed by atoms with Crippen LogP contribution in [0.25, 0.3) is 0 Å². The maximum Gasteiger partial charge on any atom is 0.306 e. The second-order valence-electron chi connectivity index (χ2n) is 5.01. The number of ketones is 1. The molecule has 1 atom stereocenters. The Hall–Kier alpha value is -1.12. The third kappa shape index (κ3) is 3.42. The fourth-order valence-corrected chi connectivity index (χ4v) is 2.30. The molecule has 1 rings (SSSR count). The number of hydrogen-bond donors (Lipinski definition) is 0. The number of carbonyl (C=O) groups is 2. The Balaban J connectivity index is 2.73. The number of ether oxygens (including phenoxy) is 1. The van der Waals surface area contributed by atoms with Crippen LogP contribution in [0.2, 0.25) is 0 Å². The van der Waals surface area contributed by atoms with Crippen molar-refractivity contribution in [1.29, 1.82) is 0 Å². The number of esters is 1. The van der Waals surface area contributed by atoms with Gasteiger partial charge in [0.2, 0.25) is 0 Å². The molecule has 17 heavy (non-hydrogen) atoms. The topological polar surface area (TPSA) is 43.4 Å². The molecule has 0 saturated carbocycles. The van der Waals surface area contributed by atoms with Gasteiger partial charge in [0.05, 0.1) is 13.5 Å². The van der Waals surface area contributed by atoms with E-state index in [1.165, 1.54) is 7.11 Å². The van der Waals surface area contributed by atoms with Gasteiger partial charge in [-0.15, -0.1) is 0 Å². The van der Waals surface area contributed by atoms with Crippen LogP contribution in [0.3, 0.4) is 0 Å². The van der Waals surface area contributed by atoms with Crippen molar-refractivity contribution in [3.05, 3.63) is 11.6 Å². The summed E-state index contributed by atoms with van der Waals surface area (Å²) in [6, 6.07) is 0. The van der Waals surface area contributed by atoms with Gasteiger partial charge in [-0.3, -0.25) is 9.59 Å². The zero-order valence-electron chi connectivity index (χ0n) is 11.0. The molecule has 0 N–H and O–H groups in total. The first kappa shape index (κ1) is 13.9. The number of rotatable bonds is 5. The van der Waals surface area contributed by atoms with Gasteiger partial charge in [0, 0.05) is 5.41 Å². The van der Waals surface area contributed by atoms with Crippen molar-refractivity contribution in [2.24, 2.45) is 5.41 Å². The summed E-state index contributed by atoms with van der Waals surface area (Å²) >= 11 is 0. The van der Waals surface area contributed by atoms with Gasteiger partial charge in [0.1, 0.15) is 0 Å². The first-order chi connectivity index (χ1) is 8.03. The van der Waals surface area contributed by atoms with Gasteiger partial charge < -0.3 is 4.74 Å². The van der Waals surface area contributed by atoms with Crippen LogP contribution < -0.4 is 0 Å². The molecule has 0 heterocycles. The molecule has 3 nitrogen and oxygen atoms in total. The predicted molar refractivity (Wildman–Crippen MR) is 66.6 cm³/mol. The van der Waals surface area contributed by atoms with Crippen LogP contribution in [0.15, 0.2) is 11.6 Å². The summed E-state index contributed by atoms with van der Waals surface area (Å²) in [5.74, 6) is -0.153. The standard InChI is InChI=1S/C14H22O3/c1-4-5-7-11-8-6-9-14(2,13(11)16)10-12(15)17-3/h8H,4-7,9-10H2,1-3H3. The van der Waals surface area contributed by atoms with E-state index in [0.29, 0.717) is 0 Å². The fourth-order valence-electron chi connectivity index (χ4n) is 2.30. The average Bonchev–Trinajstić information content (AvgIpc) is 2.31. The lowest BCUT2D eigenvalue weighted by Crippen LogP contribution is -2.34. The Kier molecular flexibility index (Phi) is 4.91. The number of hydrogen-bond acceptors (Lipinski definition) is 3. The highest BCUT2D eigenvalue weighted by Gasteiger charge is 2.38. The maximum absolute atomic E-state index is 12.3. The maximum atomic E-state index is 12.3. The van der Waals surface area contributed by atoms with E-state index in [4.69, 9.17) is 0 Å². The number of methoxy groups -OCH3 is 1. The third-order valence-electron chi connectivity index (χ3n) is 3.49. The van der Waals surface area contributed by atoms with Crippen molar-refractivity contribution in [3.8, 4) is 0 Å². The number of allylic oxidation sites excluding steroid dienone is 2. The zero-order valence-corrected chi connectivity index (χ0v) is 11.0. The summed E-state index contributed by atoms with van der Waals surface area (Å²) in [4.78, 5) is 23.7. The lowest BCUT2D eigenvalue weighted by atomic mass is 9.71. The smallest absolute Gasteiger partial charge is 0.306 e. The van der Waals surface area contributed by atoms with Crippen LogP contribution in [0.4, 0.5) is 0 Å². The molecule has 0 aromatic rings. The van der Waals surface area contributed by atoms with Crippen LogP contribution in [0.1, 0.15) is 52.4 Å². The van der Waals surface area contributed by atoms with Crippen LogP contribution >= 0.6 is 0 Å². The third-order valence-corrected chi connectivity index (χ3v) is 3.49. The van der Waals surface area contributed by atoms with E-state index in [1.807, 2.05) is 13.0 Å². The van der Waals surface area contributed by atoms with Gasteiger partial charge in [0.15, 0.2) is 5.78 Å². The van der Waals surface area contributed by atoms with E-state index in [2.05, 4.69) is 11.7 Å². The molecule has 0 aliphatic heterocycles. The largest absolute Gasteiger partial charge is 0.469 e. The van der Waals surface area contributed by atoms with Crippen molar-refractivity contribution in [3.63, 3.8) is 0 Å². The second kappa shape index (κ2) is 5.99. The lowest BCUT2D eigenvalue weighted by Gasteiger charge is -2.31. The molecule has 1 unspecified atom stereocenters. The molecule has 0 amide bonds. The Labute approximate surface area is 103 Å². The quantitative estimate of drug-likeness (QED) is 0.691. The van der Waals surface area contributed by atoms with Gasteiger partial charge in [-0.25, -0.2) is 0 Å². The van der Waals surface area contributed by atoms with Crippen molar-refractivity contribution < 1.29 is 14.3 Å². The molecule has 1 aliphatic carbocycles. The monoisotopic (exact) mass is 238 g/mol. The summed E-state index contributed by atoms with van der Waals surface area (Å²) in [7, 11) is 1.37. The molecular formula is C14H22O3. The minimum absolute atomic E-state index is 0.141. The second-order valence-corrected chi connectivity index (χ2v) is 5.01. The first-order valence-electron chi connectivity index (χ1n) is 6.34. The van der Waals surface area contributed by atoms with Gasteiger partial charge in [-0.1, -0.05) is 26.3 Å². The number of unbranched alkanes of at least 4 members (excludes halogenated alkanes) is 1. The van der Waals surface area contributed by atoms with E-state index in [9.17, 15) is 9.59 Å². The summed E-state index contributed by atoms with van der Waals surface area (Å²) in [6.45, 7) is 3.99. The molecule has 0 aromatic carbocycles. The SMILES string of the molecule is CCCCC1=CCCC(C)(CC(=O)OC)C1=O. The molecule has 96 valence electrons. The van der Waals surface area contributed by atoms with E-state index in [1.54, 1.807) is 0 Å². The van der Waals surface area contributed by atoms with Crippen LogP contribution in [0.5, 0.6) is 0 Å². The summed E-state index contributed by atoms with van der Waals surface area (Å²) in [5.41, 5.74) is 0.356. The van der Waals surface area contributed by atoms with Gasteiger partial charge >= 0.3 is 5.97 Å². The summed E-state index contributed by atoms with van der Waals surface area (Å²) in [5, 5.41) is 0. The Morgan fingerprint density at radius 3 is 2.82 bits per heavy atom. The fraction of sp³-hybridized carbons (Fsp3) is 0.714. The van der Waals surface area contributed by atoms with E-state index in [0.717, 1.165) is 37.7 Å². The highest BCUT2D eigenvalue weighted by Crippen LogP contribution is 2.37. The van der Waals surface area contributed by atoms with E-state index in [-0.39, 0.29) is 18.2 Å². The van der Waals surface area contributed by atoms with Crippen molar-refractivity contribution in [1.82, 2.24) is 0 Å². The highest BCUT2D eigenvalue weighted by atomic mass is 16.5. The number of Topliss-reactive ketones (excluding diaryl/α,β-unsaturated/α-hetero) is 1. The Morgan fingerprint density at radius 1 is 1.53 bits per heavy atom. The summed E-state index contributed by atoms with van der Waals surface area (Å²) in [6.07, 6.45) is 6.83. The van der Waals surface area contributed by atoms with Crippen molar-refractivity contribution >= 4 is 11.8 Å². The molecule has 0 bridgehead atoms. The molecule has 3 heteroatoms. The molecular weight excluding hydrogens is 216 g/mol. The highest BCUT2D eigenvalue weighted by molar-refractivity contribution is 6.02. The van der Waals surface area contributed by atoms with Gasteiger partial charge in [0.25, 0.3) is 0 Å². The molecule has 0 fully saturated rings. The molecule has 0 saturated heterocycles. The Bertz CT molecular complexity index is 330. The van der Waals surface area contributed by atoms with Gasteiger partial charge in [-0.2, -0.15) is 0 Å². The van der Waals surface area contributed by atoms with Gasteiger partial charge in [-0.05, 0) is 31.3 Å². The zero-order chi connectivity index (χ0) is 12.9. The molecule has 0 aromatic heterocycles. The van der Waals surface area contributed by atoms with E-state index < -0.39 is 5.41 Å². The van der Waals surface area contributed by atoms with Crippen LogP contribution in [0, 0.1) is 5.41 Å². The number of carbonyl (C=O) groups excluding carboxylic acids is 2. The lowest BCUT2D eigenvalue weighted by molar-refractivity contribution is -0.146. The minimum atomic E-state index is -0.551. The molecule has 1 aliphatic rings. The average molecular weight is 238 g/mol. The van der Waals surface area contributed by atoms with Crippen LogP contribution in [-0.2, 0) is 14.3 Å². The van der Waals surface area contributed by atoms with E-state index >= 15 is 0 Å². The van der Waals surface area contributed by atoms with Crippen molar-refractivity contribution in [2.75, 3.05) is 7.11 Å². The minimum Gasteiger partial charge on any atom is -0.469 e. The van der Waals surface area contributed by atoms with Crippen LogP contribution in [-0.4, -0.2) is 18.9 Å². The normalized spacial score (nSPS) is 24.4.